The fraction of sp³-hybridized carbons (Fsp3) is 0.538. The number of benzene rings is 1. The van der Waals surface area contributed by atoms with Crippen LogP contribution in [0.15, 0.2) is 24.3 Å². The first-order chi connectivity index (χ1) is 8.90. The maximum Gasteiger partial charge on any atom is 0.422 e. The monoisotopic (exact) mass is 277 g/mol. The fourth-order valence-corrected chi connectivity index (χ4v) is 1.40. The third-order valence-electron chi connectivity index (χ3n) is 2.46. The lowest BCUT2D eigenvalue weighted by Crippen LogP contribution is -2.22. The van der Waals surface area contributed by atoms with Crippen molar-refractivity contribution in [2.45, 2.75) is 19.6 Å². The van der Waals surface area contributed by atoms with E-state index in [2.05, 4.69) is 10.1 Å². The van der Waals surface area contributed by atoms with Crippen LogP contribution in [0.1, 0.15) is 12.5 Å². The molecule has 0 amide bonds. The van der Waals surface area contributed by atoms with Gasteiger partial charge in [0.15, 0.2) is 6.61 Å². The molecule has 0 radical (unpaired) electrons. The molecule has 2 N–H and O–H groups in total. The van der Waals surface area contributed by atoms with Gasteiger partial charge in [0.05, 0.1) is 0 Å². The van der Waals surface area contributed by atoms with Gasteiger partial charge in [0.2, 0.25) is 0 Å². The van der Waals surface area contributed by atoms with Crippen molar-refractivity contribution in [2.75, 3.05) is 19.8 Å². The highest BCUT2D eigenvalue weighted by Gasteiger charge is 2.28. The minimum Gasteiger partial charge on any atom is -0.484 e. The molecule has 0 heterocycles. The van der Waals surface area contributed by atoms with Crippen molar-refractivity contribution >= 4 is 0 Å². The van der Waals surface area contributed by atoms with Crippen LogP contribution in [-0.2, 0) is 6.54 Å². The second-order valence-electron chi connectivity index (χ2n) is 4.47. The molecule has 108 valence electrons. The van der Waals surface area contributed by atoms with Gasteiger partial charge >= 0.3 is 6.18 Å². The summed E-state index contributed by atoms with van der Waals surface area (Å²) < 4.78 is 40.4. The van der Waals surface area contributed by atoms with Gasteiger partial charge in [-0.05, 0) is 23.6 Å². The third-order valence-corrected chi connectivity index (χ3v) is 2.46. The number of rotatable bonds is 7. The Morgan fingerprint density at radius 3 is 2.42 bits per heavy atom. The van der Waals surface area contributed by atoms with E-state index < -0.39 is 12.8 Å². The van der Waals surface area contributed by atoms with E-state index in [4.69, 9.17) is 5.11 Å². The molecule has 0 aliphatic carbocycles. The summed E-state index contributed by atoms with van der Waals surface area (Å²) >= 11 is 0. The summed E-state index contributed by atoms with van der Waals surface area (Å²) in [5.74, 6) is 0.374. The van der Waals surface area contributed by atoms with E-state index in [-0.39, 0.29) is 18.3 Å². The number of nitrogens with one attached hydrogen (secondary N) is 1. The molecule has 0 saturated carbocycles. The SMILES string of the molecule is CC(CO)CNCc1ccc(OCC(F)(F)F)cc1. The fourth-order valence-electron chi connectivity index (χ4n) is 1.40. The largest absolute Gasteiger partial charge is 0.484 e. The lowest BCUT2D eigenvalue weighted by molar-refractivity contribution is -0.153. The van der Waals surface area contributed by atoms with Crippen molar-refractivity contribution in [3.05, 3.63) is 29.8 Å². The van der Waals surface area contributed by atoms with Gasteiger partial charge in [-0.3, -0.25) is 0 Å². The van der Waals surface area contributed by atoms with Gasteiger partial charge in [-0.25, -0.2) is 0 Å². The predicted octanol–water partition coefficient (Wildman–Crippen LogP) is 2.35. The van der Waals surface area contributed by atoms with Gasteiger partial charge in [-0.15, -0.1) is 0 Å². The Bertz CT molecular complexity index is 365. The third kappa shape index (κ3) is 7.03. The summed E-state index contributed by atoms with van der Waals surface area (Å²) in [6.07, 6.45) is -4.32. The highest BCUT2D eigenvalue weighted by molar-refractivity contribution is 5.27. The van der Waals surface area contributed by atoms with Crippen molar-refractivity contribution in [3.8, 4) is 5.75 Å². The summed E-state index contributed by atoms with van der Waals surface area (Å²) in [7, 11) is 0. The number of alkyl halides is 3. The molecule has 0 saturated heterocycles. The Balaban J connectivity index is 2.35. The minimum atomic E-state index is -4.32. The molecule has 0 aliphatic rings. The smallest absolute Gasteiger partial charge is 0.422 e. The van der Waals surface area contributed by atoms with E-state index in [0.717, 1.165) is 5.56 Å². The molecule has 19 heavy (non-hydrogen) atoms. The number of aliphatic hydroxyl groups excluding tert-OH is 1. The van der Waals surface area contributed by atoms with E-state index in [9.17, 15) is 13.2 Å². The van der Waals surface area contributed by atoms with Crippen molar-refractivity contribution in [3.63, 3.8) is 0 Å². The topological polar surface area (TPSA) is 41.5 Å². The molecule has 3 nitrogen and oxygen atoms in total. The minimum absolute atomic E-state index is 0.122. The maximum absolute atomic E-state index is 11.9. The number of hydrogen-bond donors (Lipinski definition) is 2. The number of hydrogen-bond acceptors (Lipinski definition) is 3. The first-order valence-corrected chi connectivity index (χ1v) is 6.01. The highest BCUT2D eigenvalue weighted by atomic mass is 19.4. The standard InChI is InChI=1S/C13H18F3NO2/c1-10(8-18)6-17-7-11-2-4-12(5-3-11)19-9-13(14,15)16/h2-5,10,17-18H,6-9H2,1H3. The zero-order valence-electron chi connectivity index (χ0n) is 10.7. The molecule has 0 bridgehead atoms. The van der Waals surface area contributed by atoms with Gasteiger partial charge in [-0.1, -0.05) is 19.1 Å². The van der Waals surface area contributed by atoms with Crippen LogP contribution in [0.2, 0.25) is 0 Å². The first-order valence-electron chi connectivity index (χ1n) is 6.01. The normalized spacial score (nSPS) is 13.3. The second kappa shape index (κ2) is 7.35. The van der Waals surface area contributed by atoms with E-state index in [1.165, 1.54) is 12.1 Å². The number of halogens is 3. The van der Waals surface area contributed by atoms with Crippen LogP contribution in [0.5, 0.6) is 5.75 Å². The molecular weight excluding hydrogens is 259 g/mol. The highest BCUT2D eigenvalue weighted by Crippen LogP contribution is 2.18. The molecule has 0 aliphatic heterocycles. The molecule has 1 aromatic carbocycles. The quantitative estimate of drug-likeness (QED) is 0.804. The zero-order chi connectivity index (χ0) is 14.3. The molecule has 6 heteroatoms. The molecule has 1 rings (SSSR count). The van der Waals surface area contributed by atoms with Crippen LogP contribution in [0.3, 0.4) is 0 Å². The zero-order valence-corrected chi connectivity index (χ0v) is 10.7. The molecule has 1 aromatic rings. The van der Waals surface area contributed by atoms with Crippen LogP contribution in [-0.4, -0.2) is 31.0 Å². The second-order valence-corrected chi connectivity index (χ2v) is 4.47. The van der Waals surface area contributed by atoms with E-state index in [0.29, 0.717) is 13.1 Å². The van der Waals surface area contributed by atoms with E-state index in [1.807, 2.05) is 6.92 Å². The summed E-state index contributed by atoms with van der Waals surface area (Å²) in [6, 6.07) is 6.45. The Kier molecular flexibility index (Phi) is 6.11. The van der Waals surface area contributed by atoms with Crippen molar-refractivity contribution < 1.29 is 23.0 Å². The lowest BCUT2D eigenvalue weighted by Gasteiger charge is -2.11. The van der Waals surface area contributed by atoms with Crippen molar-refractivity contribution in [2.24, 2.45) is 5.92 Å². The summed E-state index contributed by atoms with van der Waals surface area (Å²) in [6.45, 7) is 2.05. The van der Waals surface area contributed by atoms with Gasteiger partial charge in [0.1, 0.15) is 5.75 Å². The van der Waals surface area contributed by atoms with Crippen LogP contribution < -0.4 is 10.1 Å². The summed E-state index contributed by atoms with van der Waals surface area (Å²) in [5, 5.41) is 12.0. The van der Waals surface area contributed by atoms with Crippen LogP contribution in [0.25, 0.3) is 0 Å². The van der Waals surface area contributed by atoms with Crippen LogP contribution in [0.4, 0.5) is 13.2 Å². The molecule has 0 fully saturated rings. The van der Waals surface area contributed by atoms with Crippen LogP contribution in [0, 0.1) is 5.92 Å². The predicted molar refractivity (Wildman–Crippen MR) is 65.9 cm³/mol. The van der Waals surface area contributed by atoms with Gasteiger partial charge in [-0.2, -0.15) is 13.2 Å². The molecule has 0 aromatic heterocycles. The number of ether oxygens (including phenoxy) is 1. The summed E-state index contributed by atoms with van der Waals surface area (Å²) in [5.41, 5.74) is 0.949. The molecule has 1 unspecified atom stereocenters. The van der Waals surface area contributed by atoms with E-state index >= 15 is 0 Å². The van der Waals surface area contributed by atoms with Gasteiger partial charge in [0.25, 0.3) is 0 Å². The lowest BCUT2D eigenvalue weighted by atomic mass is 10.2. The first kappa shape index (κ1) is 15.8. The van der Waals surface area contributed by atoms with Gasteiger partial charge < -0.3 is 15.2 Å². The van der Waals surface area contributed by atoms with Crippen LogP contribution >= 0.6 is 0 Å². The maximum atomic E-state index is 11.9. The molecule has 0 spiro atoms. The molecular formula is C13H18F3NO2. The Morgan fingerprint density at radius 1 is 1.26 bits per heavy atom. The average Bonchev–Trinajstić information content (AvgIpc) is 2.36. The molecule has 1 atom stereocenters. The van der Waals surface area contributed by atoms with Crippen molar-refractivity contribution in [1.82, 2.24) is 5.32 Å². The van der Waals surface area contributed by atoms with Crippen molar-refractivity contribution in [1.29, 1.82) is 0 Å². The van der Waals surface area contributed by atoms with E-state index in [1.54, 1.807) is 12.1 Å². The average molecular weight is 277 g/mol. The Morgan fingerprint density at radius 2 is 1.89 bits per heavy atom. The Hall–Kier alpha value is -1.27. The summed E-state index contributed by atoms with van der Waals surface area (Å²) in [4.78, 5) is 0. The van der Waals surface area contributed by atoms with Gasteiger partial charge in [0, 0.05) is 19.7 Å². The number of aliphatic hydroxyl groups is 1. The Labute approximate surface area is 110 Å².